The number of phenols is 1. The van der Waals surface area contributed by atoms with Gasteiger partial charge in [0.05, 0.1) is 6.54 Å². The number of nitrogens with zero attached hydrogens (tertiary/aromatic N) is 2. The lowest BCUT2D eigenvalue weighted by atomic mass is 10.1. The molecule has 1 aromatic heterocycles. The SMILES string of the molecule is CCc1cnc(CNC(=O)/C(C#N)=C/c2ccc(O)cc2)s1. The first-order valence-corrected chi connectivity index (χ1v) is 7.56. The van der Waals surface area contributed by atoms with Crippen molar-refractivity contribution in [3.63, 3.8) is 0 Å². The van der Waals surface area contributed by atoms with Crippen molar-refractivity contribution in [1.82, 2.24) is 10.3 Å². The lowest BCUT2D eigenvalue weighted by Crippen LogP contribution is -2.23. The molecular weight excluding hydrogens is 298 g/mol. The third kappa shape index (κ3) is 4.17. The van der Waals surface area contributed by atoms with Gasteiger partial charge in [-0.1, -0.05) is 19.1 Å². The standard InChI is InChI=1S/C16H15N3O2S/c1-2-14-9-18-15(22-14)10-19-16(21)12(8-17)7-11-3-5-13(20)6-4-11/h3-7,9,20H,2,10H2,1H3,(H,19,21)/b12-7+. The number of rotatable bonds is 5. The largest absolute Gasteiger partial charge is 0.508 e. The molecule has 0 aliphatic heterocycles. The Morgan fingerprint density at radius 3 is 2.77 bits per heavy atom. The number of amides is 1. The first kappa shape index (κ1) is 15.7. The van der Waals surface area contributed by atoms with Crippen LogP contribution in [-0.2, 0) is 17.8 Å². The van der Waals surface area contributed by atoms with Gasteiger partial charge in [0.1, 0.15) is 22.4 Å². The third-order valence-electron chi connectivity index (χ3n) is 2.92. The number of aryl methyl sites for hydroxylation is 1. The lowest BCUT2D eigenvalue weighted by Gasteiger charge is -2.02. The number of carbonyl (C=O) groups is 1. The Morgan fingerprint density at radius 2 is 2.18 bits per heavy atom. The van der Waals surface area contributed by atoms with Gasteiger partial charge in [0.25, 0.3) is 5.91 Å². The second kappa shape index (κ2) is 7.38. The zero-order valence-electron chi connectivity index (χ0n) is 12.0. The Labute approximate surface area is 132 Å². The summed E-state index contributed by atoms with van der Waals surface area (Å²) >= 11 is 1.54. The molecule has 1 heterocycles. The number of phenolic OH excluding ortho intramolecular Hbond substituents is 1. The van der Waals surface area contributed by atoms with E-state index < -0.39 is 5.91 Å². The van der Waals surface area contributed by atoms with Crippen molar-refractivity contribution in [3.05, 3.63) is 51.5 Å². The fourth-order valence-electron chi connectivity index (χ4n) is 1.73. The topological polar surface area (TPSA) is 86.0 Å². The van der Waals surface area contributed by atoms with E-state index in [0.717, 1.165) is 16.3 Å². The summed E-state index contributed by atoms with van der Waals surface area (Å²) in [5.74, 6) is -0.306. The van der Waals surface area contributed by atoms with Crippen LogP contribution >= 0.6 is 11.3 Å². The molecule has 0 aliphatic rings. The van der Waals surface area contributed by atoms with E-state index >= 15 is 0 Å². The molecule has 2 rings (SSSR count). The van der Waals surface area contributed by atoms with Crippen LogP contribution in [0.4, 0.5) is 0 Å². The van der Waals surface area contributed by atoms with Gasteiger partial charge in [0.15, 0.2) is 0 Å². The highest BCUT2D eigenvalue weighted by Crippen LogP contribution is 2.14. The van der Waals surface area contributed by atoms with Crippen LogP contribution in [0.25, 0.3) is 6.08 Å². The van der Waals surface area contributed by atoms with Crippen molar-refractivity contribution in [2.24, 2.45) is 0 Å². The molecule has 112 valence electrons. The molecule has 2 N–H and O–H groups in total. The summed E-state index contributed by atoms with van der Waals surface area (Å²) in [6.07, 6.45) is 4.19. The molecule has 0 spiro atoms. The smallest absolute Gasteiger partial charge is 0.262 e. The number of thiazole rings is 1. The molecule has 5 nitrogen and oxygen atoms in total. The van der Waals surface area contributed by atoms with E-state index in [1.807, 2.05) is 13.0 Å². The van der Waals surface area contributed by atoms with Crippen molar-refractivity contribution < 1.29 is 9.90 Å². The highest BCUT2D eigenvalue weighted by molar-refractivity contribution is 7.11. The van der Waals surface area contributed by atoms with Crippen molar-refractivity contribution in [2.45, 2.75) is 19.9 Å². The Kier molecular flexibility index (Phi) is 5.28. The Bertz CT molecular complexity index is 727. The molecule has 0 unspecified atom stereocenters. The van der Waals surface area contributed by atoms with Crippen molar-refractivity contribution in [3.8, 4) is 11.8 Å². The van der Waals surface area contributed by atoms with Crippen molar-refractivity contribution in [2.75, 3.05) is 0 Å². The van der Waals surface area contributed by atoms with Crippen LogP contribution in [-0.4, -0.2) is 16.0 Å². The maximum Gasteiger partial charge on any atom is 0.262 e. The molecular formula is C16H15N3O2S. The highest BCUT2D eigenvalue weighted by atomic mass is 32.1. The zero-order valence-corrected chi connectivity index (χ0v) is 12.9. The van der Waals surface area contributed by atoms with Gasteiger partial charge in [-0.05, 0) is 30.2 Å². The van der Waals surface area contributed by atoms with Gasteiger partial charge in [-0.3, -0.25) is 4.79 Å². The average Bonchev–Trinajstić information content (AvgIpc) is 3.00. The van der Waals surface area contributed by atoms with Crippen LogP contribution in [0.5, 0.6) is 5.75 Å². The zero-order chi connectivity index (χ0) is 15.9. The summed E-state index contributed by atoms with van der Waals surface area (Å²) in [6.45, 7) is 2.35. The van der Waals surface area contributed by atoms with E-state index in [1.54, 1.807) is 29.7 Å². The number of carbonyl (C=O) groups excluding carboxylic acids is 1. The summed E-state index contributed by atoms with van der Waals surface area (Å²) in [5, 5.41) is 21.8. The molecule has 0 radical (unpaired) electrons. The number of aromatic hydroxyl groups is 1. The Hall–Kier alpha value is -2.65. The molecule has 6 heteroatoms. The molecule has 2 aromatic rings. The summed E-state index contributed by atoms with van der Waals surface area (Å²) < 4.78 is 0. The van der Waals surface area contributed by atoms with Crippen molar-refractivity contribution in [1.29, 1.82) is 5.26 Å². The van der Waals surface area contributed by atoms with Gasteiger partial charge >= 0.3 is 0 Å². The number of hydrogen-bond acceptors (Lipinski definition) is 5. The monoisotopic (exact) mass is 313 g/mol. The van der Waals surface area contributed by atoms with Crippen LogP contribution in [0.1, 0.15) is 22.4 Å². The van der Waals surface area contributed by atoms with E-state index in [0.29, 0.717) is 12.1 Å². The summed E-state index contributed by atoms with van der Waals surface area (Å²) in [7, 11) is 0. The van der Waals surface area contributed by atoms with Crippen LogP contribution in [0.3, 0.4) is 0 Å². The number of hydrogen-bond donors (Lipinski definition) is 2. The molecule has 0 saturated carbocycles. The minimum Gasteiger partial charge on any atom is -0.508 e. The first-order chi connectivity index (χ1) is 10.6. The van der Waals surface area contributed by atoms with Crippen molar-refractivity contribution >= 4 is 23.3 Å². The number of aromatic nitrogens is 1. The predicted octanol–water partition coefficient (Wildman–Crippen LogP) is 2.63. The van der Waals surface area contributed by atoms with E-state index in [2.05, 4.69) is 10.3 Å². The molecule has 0 fully saturated rings. The molecule has 1 aromatic carbocycles. The normalized spacial score (nSPS) is 11.0. The molecule has 22 heavy (non-hydrogen) atoms. The second-order valence-electron chi connectivity index (χ2n) is 4.52. The Morgan fingerprint density at radius 1 is 1.45 bits per heavy atom. The third-order valence-corrected chi connectivity index (χ3v) is 4.06. The summed E-state index contributed by atoms with van der Waals surface area (Å²) in [4.78, 5) is 17.4. The molecule has 0 atom stereocenters. The van der Waals surface area contributed by atoms with Gasteiger partial charge < -0.3 is 10.4 Å². The number of nitrogens with one attached hydrogen (secondary N) is 1. The second-order valence-corrected chi connectivity index (χ2v) is 5.72. The molecule has 1 amide bonds. The van der Waals surface area contributed by atoms with Gasteiger partial charge in [-0.15, -0.1) is 11.3 Å². The van der Waals surface area contributed by atoms with Gasteiger partial charge in [0, 0.05) is 11.1 Å². The quantitative estimate of drug-likeness (QED) is 0.656. The Balaban J connectivity index is 2.02. The molecule has 0 saturated heterocycles. The summed E-state index contributed by atoms with van der Waals surface area (Å²) in [6, 6.07) is 8.15. The van der Waals surface area contributed by atoms with Gasteiger partial charge in [0.2, 0.25) is 0 Å². The fraction of sp³-hybridized carbons (Fsp3) is 0.188. The number of benzene rings is 1. The van der Waals surface area contributed by atoms with Crippen LogP contribution in [0.2, 0.25) is 0 Å². The predicted molar refractivity (Wildman–Crippen MR) is 85.0 cm³/mol. The molecule has 0 bridgehead atoms. The van der Waals surface area contributed by atoms with E-state index in [1.165, 1.54) is 18.2 Å². The number of nitriles is 1. The molecule has 0 aliphatic carbocycles. The fourth-order valence-corrected chi connectivity index (χ4v) is 2.53. The minimum absolute atomic E-state index is 0.0120. The van der Waals surface area contributed by atoms with Crippen LogP contribution < -0.4 is 5.32 Å². The van der Waals surface area contributed by atoms with E-state index in [4.69, 9.17) is 5.26 Å². The van der Waals surface area contributed by atoms with Crippen LogP contribution in [0.15, 0.2) is 36.0 Å². The lowest BCUT2D eigenvalue weighted by molar-refractivity contribution is -0.117. The van der Waals surface area contributed by atoms with E-state index in [9.17, 15) is 9.90 Å². The van der Waals surface area contributed by atoms with E-state index in [-0.39, 0.29) is 11.3 Å². The van der Waals surface area contributed by atoms with Gasteiger partial charge in [-0.25, -0.2) is 4.98 Å². The minimum atomic E-state index is -0.441. The van der Waals surface area contributed by atoms with Gasteiger partial charge in [-0.2, -0.15) is 5.26 Å². The van der Waals surface area contributed by atoms with Crippen LogP contribution in [0, 0.1) is 11.3 Å². The maximum atomic E-state index is 12.0. The summed E-state index contributed by atoms with van der Waals surface area (Å²) in [5.41, 5.74) is 0.685. The highest BCUT2D eigenvalue weighted by Gasteiger charge is 2.10. The first-order valence-electron chi connectivity index (χ1n) is 6.75. The average molecular weight is 313 g/mol. The maximum absolute atomic E-state index is 12.0.